The Hall–Kier alpha value is -2.62. The van der Waals surface area contributed by atoms with Crippen LogP contribution in [0.3, 0.4) is 0 Å². The maximum Gasteiger partial charge on any atom is 0.242 e. The lowest BCUT2D eigenvalue weighted by molar-refractivity contribution is -0.140. The van der Waals surface area contributed by atoms with Crippen molar-refractivity contribution in [1.29, 1.82) is 0 Å². The highest BCUT2D eigenvalue weighted by atomic mass is 16.2. The van der Waals surface area contributed by atoms with Crippen LogP contribution in [0.25, 0.3) is 0 Å². The molecule has 1 unspecified atom stereocenters. The van der Waals surface area contributed by atoms with Gasteiger partial charge in [-0.2, -0.15) is 0 Å². The van der Waals surface area contributed by atoms with Gasteiger partial charge in [0.15, 0.2) is 0 Å². The number of nitrogens with zero attached hydrogens (tertiary/aromatic N) is 1. The van der Waals surface area contributed by atoms with E-state index in [0.29, 0.717) is 25.9 Å². The van der Waals surface area contributed by atoms with Crippen LogP contribution in [0.5, 0.6) is 0 Å². The number of rotatable bonds is 8. The van der Waals surface area contributed by atoms with E-state index < -0.39 is 6.04 Å². The van der Waals surface area contributed by atoms with Gasteiger partial charge in [0.1, 0.15) is 6.04 Å². The molecule has 138 valence electrons. The van der Waals surface area contributed by atoms with Gasteiger partial charge in [0, 0.05) is 19.5 Å². The summed E-state index contributed by atoms with van der Waals surface area (Å²) in [5.41, 5.74) is 3.32. The Morgan fingerprint density at radius 2 is 1.69 bits per heavy atom. The Morgan fingerprint density at radius 3 is 2.35 bits per heavy atom. The average Bonchev–Trinajstić information content (AvgIpc) is 2.66. The van der Waals surface area contributed by atoms with Crippen LogP contribution in [0.2, 0.25) is 0 Å². The predicted octanol–water partition coefficient (Wildman–Crippen LogP) is 3.48. The summed E-state index contributed by atoms with van der Waals surface area (Å²) in [5, 5.41) is 2.82. The Labute approximate surface area is 156 Å². The molecule has 4 nitrogen and oxygen atoms in total. The van der Waals surface area contributed by atoms with Crippen LogP contribution in [0, 0.1) is 6.92 Å². The highest BCUT2D eigenvalue weighted by molar-refractivity contribution is 5.87. The van der Waals surface area contributed by atoms with Crippen molar-refractivity contribution in [2.24, 2.45) is 0 Å². The number of aryl methyl sites for hydroxylation is 2. The molecule has 1 N–H and O–H groups in total. The summed E-state index contributed by atoms with van der Waals surface area (Å²) >= 11 is 0. The minimum Gasteiger partial charge on any atom is -0.355 e. The maximum absolute atomic E-state index is 12.9. The maximum atomic E-state index is 12.9. The molecule has 2 amide bonds. The minimum atomic E-state index is -0.502. The topological polar surface area (TPSA) is 49.4 Å². The Kier molecular flexibility index (Phi) is 7.39. The predicted molar refractivity (Wildman–Crippen MR) is 105 cm³/mol. The van der Waals surface area contributed by atoms with Crippen LogP contribution in [0.1, 0.15) is 37.0 Å². The van der Waals surface area contributed by atoms with Gasteiger partial charge < -0.3 is 10.2 Å². The largest absolute Gasteiger partial charge is 0.355 e. The number of amides is 2. The smallest absolute Gasteiger partial charge is 0.242 e. The van der Waals surface area contributed by atoms with E-state index in [2.05, 4.69) is 5.32 Å². The molecule has 0 aromatic heterocycles. The number of hydrogen-bond acceptors (Lipinski definition) is 2. The molecule has 0 bridgehead atoms. The fraction of sp³-hybridized carbons (Fsp3) is 0.364. The van der Waals surface area contributed by atoms with Gasteiger partial charge in [0.25, 0.3) is 0 Å². The molecule has 4 heteroatoms. The van der Waals surface area contributed by atoms with Crippen LogP contribution in [0.15, 0.2) is 54.6 Å². The van der Waals surface area contributed by atoms with E-state index in [4.69, 9.17) is 0 Å². The molecule has 0 aliphatic heterocycles. The second kappa shape index (κ2) is 9.76. The zero-order valence-corrected chi connectivity index (χ0v) is 15.9. The Balaban J connectivity index is 2.14. The number of carbonyl (C=O) groups excluding carboxylic acids is 2. The first-order valence-corrected chi connectivity index (χ1v) is 9.18. The number of nitrogens with one attached hydrogen (secondary N) is 1. The highest BCUT2D eigenvalue weighted by Crippen LogP contribution is 2.15. The second-order valence-corrected chi connectivity index (χ2v) is 6.50. The zero-order valence-electron chi connectivity index (χ0n) is 15.9. The Morgan fingerprint density at radius 1 is 1.04 bits per heavy atom. The van der Waals surface area contributed by atoms with Crippen molar-refractivity contribution in [2.75, 3.05) is 6.54 Å². The van der Waals surface area contributed by atoms with E-state index in [-0.39, 0.29) is 11.8 Å². The van der Waals surface area contributed by atoms with Crippen molar-refractivity contribution in [3.8, 4) is 0 Å². The summed E-state index contributed by atoms with van der Waals surface area (Å²) < 4.78 is 0. The third kappa shape index (κ3) is 5.45. The fourth-order valence-corrected chi connectivity index (χ4v) is 2.92. The van der Waals surface area contributed by atoms with Crippen molar-refractivity contribution >= 4 is 11.8 Å². The first kappa shape index (κ1) is 19.7. The average molecular weight is 352 g/mol. The van der Waals surface area contributed by atoms with Gasteiger partial charge in [-0.15, -0.1) is 0 Å². The van der Waals surface area contributed by atoms with Crippen LogP contribution in [-0.4, -0.2) is 29.3 Å². The molecule has 0 fully saturated rings. The summed E-state index contributed by atoms with van der Waals surface area (Å²) in [6.07, 6.45) is 1.06. The standard InChI is InChI=1S/C22H28N2O2/c1-4-23-22(26)18(3)24(16-20-13-9-8-10-17(20)2)21(25)15-14-19-11-6-5-7-12-19/h5-13,18H,4,14-16H2,1-3H3,(H,23,26). The molecule has 0 spiro atoms. The van der Waals surface area contributed by atoms with E-state index >= 15 is 0 Å². The molecule has 1 atom stereocenters. The van der Waals surface area contributed by atoms with Gasteiger partial charge >= 0.3 is 0 Å². The lowest BCUT2D eigenvalue weighted by Crippen LogP contribution is -2.47. The zero-order chi connectivity index (χ0) is 18.9. The van der Waals surface area contributed by atoms with Gasteiger partial charge in [0.2, 0.25) is 11.8 Å². The van der Waals surface area contributed by atoms with E-state index in [9.17, 15) is 9.59 Å². The van der Waals surface area contributed by atoms with E-state index in [0.717, 1.165) is 16.7 Å². The van der Waals surface area contributed by atoms with Gasteiger partial charge in [-0.3, -0.25) is 9.59 Å². The van der Waals surface area contributed by atoms with Crippen molar-refractivity contribution in [3.63, 3.8) is 0 Å². The quantitative estimate of drug-likeness (QED) is 0.791. The van der Waals surface area contributed by atoms with E-state index in [1.165, 1.54) is 0 Å². The fourth-order valence-electron chi connectivity index (χ4n) is 2.92. The van der Waals surface area contributed by atoms with E-state index in [1.54, 1.807) is 11.8 Å². The third-order valence-electron chi connectivity index (χ3n) is 4.59. The van der Waals surface area contributed by atoms with Crippen molar-refractivity contribution in [1.82, 2.24) is 10.2 Å². The van der Waals surface area contributed by atoms with Gasteiger partial charge in [-0.25, -0.2) is 0 Å². The van der Waals surface area contributed by atoms with E-state index in [1.807, 2.05) is 68.4 Å². The molecule has 0 aliphatic carbocycles. The first-order valence-electron chi connectivity index (χ1n) is 9.18. The summed E-state index contributed by atoms with van der Waals surface area (Å²) in [7, 11) is 0. The highest BCUT2D eigenvalue weighted by Gasteiger charge is 2.25. The van der Waals surface area contributed by atoms with Crippen molar-refractivity contribution in [3.05, 3.63) is 71.3 Å². The molecular formula is C22H28N2O2. The van der Waals surface area contributed by atoms with Crippen LogP contribution >= 0.6 is 0 Å². The molecule has 0 heterocycles. The molecule has 0 saturated carbocycles. The van der Waals surface area contributed by atoms with Crippen molar-refractivity contribution in [2.45, 2.75) is 46.2 Å². The number of likely N-dealkylation sites (N-methyl/N-ethyl adjacent to an activating group) is 1. The minimum absolute atomic E-state index is 0.00383. The first-order chi connectivity index (χ1) is 12.5. The van der Waals surface area contributed by atoms with Crippen LogP contribution in [-0.2, 0) is 22.6 Å². The van der Waals surface area contributed by atoms with Crippen LogP contribution in [0.4, 0.5) is 0 Å². The molecule has 0 radical (unpaired) electrons. The van der Waals surface area contributed by atoms with Gasteiger partial charge in [-0.1, -0.05) is 54.6 Å². The van der Waals surface area contributed by atoms with Gasteiger partial charge in [0.05, 0.1) is 0 Å². The number of carbonyl (C=O) groups is 2. The number of hydrogen-bond donors (Lipinski definition) is 1. The summed E-state index contributed by atoms with van der Waals surface area (Å²) in [5.74, 6) is -0.120. The monoisotopic (exact) mass is 352 g/mol. The van der Waals surface area contributed by atoms with Crippen LogP contribution < -0.4 is 5.32 Å². The Bertz CT molecular complexity index is 728. The molecule has 0 saturated heterocycles. The SMILES string of the molecule is CCNC(=O)C(C)N(Cc1ccccc1C)C(=O)CCc1ccccc1. The molecular weight excluding hydrogens is 324 g/mol. The lowest BCUT2D eigenvalue weighted by atomic mass is 10.1. The van der Waals surface area contributed by atoms with Gasteiger partial charge in [-0.05, 0) is 43.9 Å². The molecule has 2 rings (SSSR count). The summed E-state index contributed by atoms with van der Waals surface area (Å²) in [6, 6.07) is 17.4. The molecule has 2 aromatic rings. The molecule has 0 aliphatic rings. The molecule has 26 heavy (non-hydrogen) atoms. The summed E-state index contributed by atoms with van der Waals surface area (Å²) in [4.78, 5) is 27.0. The number of benzene rings is 2. The van der Waals surface area contributed by atoms with Crippen molar-refractivity contribution < 1.29 is 9.59 Å². The molecule has 2 aromatic carbocycles. The normalized spacial score (nSPS) is 11.7. The third-order valence-corrected chi connectivity index (χ3v) is 4.59. The lowest BCUT2D eigenvalue weighted by Gasteiger charge is -2.29. The second-order valence-electron chi connectivity index (χ2n) is 6.50. The summed E-state index contributed by atoms with van der Waals surface area (Å²) in [6.45, 7) is 6.70.